The zero-order valence-electron chi connectivity index (χ0n) is 37.0. The Labute approximate surface area is 363 Å². The van der Waals surface area contributed by atoms with E-state index >= 15 is 0 Å². The quantitative estimate of drug-likeness (QED) is 0.119. The number of hydrogen-bond donors (Lipinski definition) is 2. The molecule has 0 atom stereocenters. The maximum Gasteiger partial charge on any atom is 0.414 e. The fourth-order valence-electron chi connectivity index (χ4n) is 5.06. The van der Waals surface area contributed by atoms with Crippen LogP contribution in [-0.4, -0.2) is 169 Å². The third kappa shape index (κ3) is 12.0. The molecule has 0 radical (unpaired) electrons. The highest BCUT2D eigenvalue weighted by molar-refractivity contribution is 6.62. The highest BCUT2D eigenvalue weighted by atomic mass is 35.5. The fourth-order valence-corrected chi connectivity index (χ4v) is 5.06. The first-order valence-electron chi connectivity index (χ1n) is 18.2. The predicted molar refractivity (Wildman–Crippen MR) is 228 cm³/mol. The SMILES string of the molecule is CN(C)C(=O)Cl.COc1ccc(-n2c(C(C)=O)c(O)c(O)c2C(=O)N(C)C)cc1.COc1ccc(-n2c(C(C)=O)c(OC(=O)N(C)C)c(OC(=O)N(C)C)c2C(=O)N(C)C)cc1. The zero-order chi connectivity index (χ0) is 47.5. The number of hydrogen-bond acceptors (Lipinski definition) is 13. The number of carbonyl (C=O) groups is 7. The molecule has 2 heterocycles. The van der Waals surface area contributed by atoms with Crippen LogP contribution in [0.1, 0.15) is 55.8 Å². The first kappa shape index (κ1) is 50.9. The molecular formula is C41H52ClN7O13. The van der Waals surface area contributed by atoms with Crippen LogP contribution in [0.15, 0.2) is 48.5 Å². The third-order valence-corrected chi connectivity index (χ3v) is 8.55. The van der Waals surface area contributed by atoms with E-state index in [1.54, 1.807) is 62.6 Å². The van der Waals surface area contributed by atoms with Crippen LogP contribution in [0.2, 0.25) is 0 Å². The van der Waals surface area contributed by atoms with E-state index in [9.17, 15) is 43.8 Å². The number of carbonyl (C=O) groups excluding carboxylic acids is 7. The average Bonchev–Trinajstić information content (AvgIpc) is 3.67. The van der Waals surface area contributed by atoms with Crippen molar-refractivity contribution in [2.24, 2.45) is 0 Å². The molecule has 2 aromatic heterocycles. The number of aromatic nitrogens is 2. The van der Waals surface area contributed by atoms with Gasteiger partial charge in [-0.1, -0.05) is 0 Å². The van der Waals surface area contributed by atoms with Crippen LogP contribution >= 0.6 is 11.6 Å². The Kier molecular flexibility index (Phi) is 18.0. The minimum Gasteiger partial charge on any atom is -0.503 e. The Morgan fingerprint density at radius 1 is 0.484 bits per heavy atom. The average molecular weight is 886 g/mol. The van der Waals surface area contributed by atoms with Gasteiger partial charge in [0.25, 0.3) is 11.8 Å². The highest BCUT2D eigenvalue weighted by Crippen LogP contribution is 2.42. The first-order chi connectivity index (χ1) is 28.8. The van der Waals surface area contributed by atoms with Gasteiger partial charge in [0, 0.05) is 95.7 Å². The number of nitrogens with zero attached hydrogens (tertiary/aromatic N) is 7. The normalized spacial score (nSPS) is 10.1. The molecule has 4 aromatic rings. The van der Waals surface area contributed by atoms with Crippen molar-refractivity contribution in [2.45, 2.75) is 13.8 Å². The van der Waals surface area contributed by atoms with Gasteiger partial charge in [0.05, 0.1) is 14.2 Å². The van der Waals surface area contributed by atoms with Crippen molar-refractivity contribution >= 4 is 52.5 Å². The van der Waals surface area contributed by atoms with E-state index in [1.807, 2.05) is 0 Å². The second-order valence-corrected chi connectivity index (χ2v) is 14.3. The highest BCUT2D eigenvalue weighted by Gasteiger charge is 2.37. The molecule has 2 aromatic carbocycles. The van der Waals surface area contributed by atoms with Crippen LogP contribution in [0.4, 0.5) is 14.4 Å². The van der Waals surface area contributed by atoms with E-state index in [2.05, 4.69) is 0 Å². The lowest BCUT2D eigenvalue weighted by atomic mass is 10.2. The number of Topliss-reactive ketones (excluding diaryl/α,β-unsaturated/α-hetero) is 2. The largest absolute Gasteiger partial charge is 0.503 e. The fraction of sp³-hybridized carbons (Fsp3) is 0.341. The molecule has 336 valence electrons. The molecule has 21 heteroatoms. The molecule has 0 spiro atoms. The van der Waals surface area contributed by atoms with Crippen molar-refractivity contribution < 1.29 is 62.7 Å². The van der Waals surface area contributed by atoms with Gasteiger partial charge in [-0.25, -0.2) is 9.59 Å². The Bertz CT molecular complexity index is 2290. The summed E-state index contributed by atoms with van der Waals surface area (Å²) in [6.07, 6.45) is -1.65. The number of aromatic hydroxyl groups is 2. The summed E-state index contributed by atoms with van der Waals surface area (Å²) in [6, 6.07) is 13.1. The van der Waals surface area contributed by atoms with E-state index in [1.165, 1.54) is 108 Å². The van der Waals surface area contributed by atoms with Gasteiger partial charge < -0.3 is 53.7 Å². The molecule has 0 fully saturated rings. The number of amides is 5. The number of halogens is 1. The first-order valence-corrected chi connectivity index (χ1v) is 18.6. The number of ketones is 2. The maximum absolute atomic E-state index is 13.3. The van der Waals surface area contributed by atoms with Crippen LogP contribution in [0.3, 0.4) is 0 Å². The standard InChI is InChI=1S/C22H28N4O7.C16H18N2O5.C3H6ClNO/c1-13(27)16-18(32-21(29)24(4)5)19(33-22(30)25(6)7)17(20(28)23(2)3)26(16)14-9-11-15(31-8)12-10-14;1-9(19)12-14(20)15(21)13(16(22)17(2)3)18(12)10-5-7-11(23-4)8-6-10;1-5(2)3(4)6/h9-12H,1-8H3;5-8,20-21H,1-4H3;1-2H3. The molecule has 0 unspecified atom stereocenters. The van der Waals surface area contributed by atoms with Gasteiger partial charge >= 0.3 is 17.6 Å². The Balaban J connectivity index is 0.000000394. The van der Waals surface area contributed by atoms with E-state index in [4.69, 9.17) is 30.5 Å². The Morgan fingerprint density at radius 2 is 0.790 bits per heavy atom. The van der Waals surface area contributed by atoms with E-state index in [0.29, 0.717) is 22.9 Å². The van der Waals surface area contributed by atoms with Crippen molar-refractivity contribution in [3.63, 3.8) is 0 Å². The molecule has 0 aliphatic carbocycles. The van der Waals surface area contributed by atoms with Crippen LogP contribution < -0.4 is 18.9 Å². The van der Waals surface area contributed by atoms with Crippen LogP contribution in [-0.2, 0) is 0 Å². The smallest absolute Gasteiger partial charge is 0.414 e. The summed E-state index contributed by atoms with van der Waals surface area (Å²) >= 11 is 4.90. The molecule has 20 nitrogen and oxygen atoms in total. The molecule has 5 amide bonds. The van der Waals surface area contributed by atoms with Gasteiger partial charge in [0.1, 0.15) is 22.9 Å². The molecule has 4 rings (SSSR count). The molecule has 0 saturated heterocycles. The molecular weight excluding hydrogens is 834 g/mol. The van der Waals surface area contributed by atoms with E-state index in [-0.39, 0.29) is 34.3 Å². The lowest BCUT2D eigenvalue weighted by molar-refractivity contribution is 0.0808. The topological polar surface area (TPSA) is 223 Å². The summed E-state index contributed by atoms with van der Waals surface area (Å²) < 4.78 is 23.7. The minimum absolute atomic E-state index is 0.137. The summed E-state index contributed by atoms with van der Waals surface area (Å²) in [5.41, 5.74) is 0.201. The Hall–Kier alpha value is -7.22. The van der Waals surface area contributed by atoms with Crippen LogP contribution in [0, 0.1) is 0 Å². The monoisotopic (exact) mass is 885 g/mol. The maximum atomic E-state index is 13.3. The van der Waals surface area contributed by atoms with Gasteiger partial charge in [-0.05, 0) is 60.1 Å². The second kappa shape index (κ2) is 21.9. The van der Waals surface area contributed by atoms with Gasteiger partial charge in [-0.15, -0.1) is 0 Å². The molecule has 62 heavy (non-hydrogen) atoms. The van der Waals surface area contributed by atoms with Crippen molar-refractivity contribution in [2.75, 3.05) is 84.7 Å². The predicted octanol–water partition coefficient (Wildman–Crippen LogP) is 5.22. The molecule has 0 aliphatic heterocycles. The van der Waals surface area contributed by atoms with E-state index < -0.39 is 52.4 Å². The van der Waals surface area contributed by atoms with Crippen molar-refractivity contribution in [3.05, 3.63) is 71.3 Å². The van der Waals surface area contributed by atoms with Gasteiger partial charge in [0.2, 0.25) is 11.5 Å². The molecule has 0 aliphatic rings. The summed E-state index contributed by atoms with van der Waals surface area (Å²) in [4.78, 5) is 91.1. The minimum atomic E-state index is -0.827. The number of ether oxygens (including phenoxy) is 4. The van der Waals surface area contributed by atoms with Crippen molar-refractivity contribution in [3.8, 4) is 45.9 Å². The summed E-state index contributed by atoms with van der Waals surface area (Å²) in [5, 5.41) is 19.8. The summed E-state index contributed by atoms with van der Waals surface area (Å²) in [5.74, 6) is -2.89. The lowest BCUT2D eigenvalue weighted by Crippen LogP contribution is -2.29. The summed E-state index contributed by atoms with van der Waals surface area (Å²) in [6.45, 7) is 2.50. The van der Waals surface area contributed by atoms with Crippen molar-refractivity contribution in [1.29, 1.82) is 0 Å². The van der Waals surface area contributed by atoms with Crippen LogP contribution in [0.25, 0.3) is 11.4 Å². The Morgan fingerprint density at radius 3 is 1.08 bits per heavy atom. The van der Waals surface area contributed by atoms with Crippen LogP contribution in [0.5, 0.6) is 34.5 Å². The number of methoxy groups -OCH3 is 2. The number of benzene rings is 2. The van der Waals surface area contributed by atoms with Gasteiger partial charge in [-0.3, -0.25) is 33.1 Å². The van der Waals surface area contributed by atoms with Gasteiger partial charge in [0.15, 0.2) is 34.5 Å². The molecule has 0 bridgehead atoms. The lowest BCUT2D eigenvalue weighted by Gasteiger charge is -2.17. The molecule has 0 saturated carbocycles. The van der Waals surface area contributed by atoms with Gasteiger partial charge in [-0.2, -0.15) is 0 Å². The van der Waals surface area contributed by atoms with E-state index in [0.717, 1.165) is 9.80 Å². The summed E-state index contributed by atoms with van der Waals surface area (Å²) in [7, 11) is 18.0. The second-order valence-electron chi connectivity index (χ2n) is 14.0. The third-order valence-electron chi connectivity index (χ3n) is 8.21. The molecule has 2 N–H and O–H groups in total. The zero-order valence-corrected chi connectivity index (χ0v) is 37.8. The van der Waals surface area contributed by atoms with Crippen molar-refractivity contribution in [1.82, 2.24) is 33.6 Å². The number of rotatable bonds is 10.